The van der Waals surface area contributed by atoms with Crippen LogP contribution in [0.1, 0.15) is 30.7 Å². The van der Waals surface area contributed by atoms with Gasteiger partial charge in [0.05, 0.1) is 18.2 Å². The van der Waals surface area contributed by atoms with E-state index in [1.165, 1.54) is 12.1 Å². The highest BCUT2D eigenvalue weighted by molar-refractivity contribution is 14.0. The minimum absolute atomic E-state index is 0. The SMILES string of the molecule is CC(C)Oc1ccc(CN=C(N)NCCc2ccccn2)c(C(F)(F)F)c1.I. The van der Waals surface area contributed by atoms with Gasteiger partial charge in [0.15, 0.2) is 5.96 Å². The lowest BCUT2D eigenvalue weighted by Crippen LogP contribution is -2.33. The predicted molar refractivity (Wildman–Crippen MR) is 114 cm³/mol. The number of pyridine rings is 1. The van der Waals surface area contributed by atoms with Crippen molar-refractivity contribution < 1.29 is 17.9 Å². The molecule has 1 aromatic heterocycles. The largest absolute Gasteiger partial charge is 0.491 e. The topological polar surface area (TPSA) is 72.5 Å². The van der Waals surface area contributed by atoms with E-state index in [0.29, 0.717) is 13.0 Å². The number of nitrogens with zero attached hydrogens (tertiary/aromatic N) is 2. The molecular weight excluding hydrogens is 484 g/mol. The first-order chi connectivity index (χ1) is 12.8. The normalized spacial score (nSPS) is 11.9. The molecule has 0 aliphatic heterocycles. The van der Waals surface area contributed by atoms with E-state index in [9.17, 15) is 13.2 Å². The number of nitrogens with two attached hydrogens (primary N) is 1. The second-order valence-corrected chi connectivity index (χ2v) is 6.18. The maximum atomic E-state index is 13.3. The number of hydrogen-bond acceptors (Lipinski definition) is 3. The number of benzene rings is 1. The summed E-state index contributed by atoms with van der Waals surface area (Å²) in [6.45, 7) is 3.81. The van der Waals surface area contributed by atoms with Crippen LogP contribution in [-0.2, 0) is 19.1 Å². The molecule has 0 amide bonds. The van der Waals surface area contributed by atoms with E-state index in [2.05, 4.69) is 15.3 Å². The van der Waals surface area contributed by atoms with Gasteiger partial charge >= 0.3 is 6.18 Å². The van der Waals surface area contributed by atoms with Gasteiger partial charge in [-0.3, -0.25) is 4.98 Å². The zero-order valence-corrected chi connectivity index (χ0v) is 18.0. The zero-order chi connectivity index (χ0) is 19.9. The second kappa shape index (κ2) is 11.1. The minimum Gasteiger partial charge on any atom is -0.491 e. The van der Waals surface area contributed by atoms with Gasteiger partial charge in [-0.25, -0.2) is 4.99 Å². The van der Waals surface area contributed by atoms with Crippen LogP contribution in [0, 0.1) is 0 Å². The summed E-state index contributed by atoms with van der Waals surface area (Å²) in [5.74, 6) is 0.257. The summed E-state index contributed by atoms with van der Waals surface area (Å²) in [5.41, 5.74) is 5.90. The Hall–Kier alpha value is -2.04. The fourth-order valence-corrected chi connectivity index (χ4v) is 2.39. The van der Waals surface area contributed by atoms with Crippen LogP contribution >= 0.6 is 24.0 Å². The van der Waals surface area contributed by atoms with Gasteiger partial charge in [-0.2, -0.15) is 13.2 Å². The summed E-state index contributed by atoms with van der Waals surface area (Å²) in [4.78, 5) is 8.19. The van der Waals surface area contributed by atoms with E-state index in [-0.39, 0.29) is 53.9 Å². The number of aliphatic imine (C=N–C) groups is 1. The molecule has 0 bridgehead atoms. The molecule has 154 valence electrons. The lowest BCUT2D eigenvalue weighted by Gasteiger charge is -2.16. The third-order valence-electron chi connectivity index (χ3n) is 3.59. The molecular formula is C19H24F3IN4O. The molecule has 9 heteroatoms. The fraction of sp³-hybridized carbons (Fsp3) is 0.368. The van der Waals surface area contributed by atoms with Crippen molar-refractivity contribution in [1.29, 1.82) is 0 Å². The van der Waals surface area contributed by atoms with Crippen molar-refractivity contribution in [2.75, 3.05) is 6.54 Å². The van der Waals surface area contributed by atoms with Crippen LogP contribution in [0.2, 0.25) is 0 Å². The number of ether oxygens (including phenoxy) is 1. The first kappa shape index (κ1) is 24.0. The highest BCUT2D eigenvalue weighted by Gasteiger charge is 2.33. The van der Waals surface area contributed by atoms with E-state index < -0.39 is 11.7 Å². The van der Waals surface area contributed by atoms with Crippen LogP contribution in [0.3, 0.4) is 0 Å². The Morgan fingerprint density at radius 3 is 2.61 bits per heavy atom. The molecule has 1 heterocycles. The Labute approximate surface area is 179 Å². The first-order valence-corrected chi connectivity index (χ1v) is 8.56. The summed E-state index contributed by atoms with van der Waals surface area (Å²) in [6, 6.07) is 9.45. The molecule has 0 aliphatic carbocycles. The third-order valence-corrected chi connectivity index (χ3v) is 3.59. The quantitative estimate of drug-likeness (QED) is 0.335. The molecule has 3 N–H and O–H groups in total. The molecule has 28 heavy (non-hydrogen) atoms. The maximum Gasteiger partial charge on any atom is 0.416 e. The Bertz CT molecular complexity index is 768. The molecule has 0 fully saturated rings. The number of rotatable bonds is 7. The highest BCUT2D eigenvalue weighted by Crippen LogP contribution is 2.35. The first-order valence-electron chi connectivity index (χ1n) is 8.56. The number of guanidine groups is 1. The van der Waals surface area contributed by atoms with Crippen molar-refractivity contribution in [2.24, 2.45) is 10.7 Å². The highest BCUT2D eigenvalue weighted by atomic mass is 127. The fourth-order valence-electron chi connectivity index (χ4n) is 2.39. The number of alkyl halides is 3. The summed E-state index contributed by atoms with van der Waals surface area (Å²) >= 11 is 0. The Morgan fingerprint density at radius 2 is 2.00 bits per heavy atom. The van der Waals surface area contributed by atoms with E-state index in [1.807, 2.05) is 18.2 Å². The Balaban J connectivity index is 0.00000392. The van der Waals surface area contributed by atoms with Crippen LogP contribution in [0.15, 0.2) is 47.6 Å². The summed E-state index contributed by atoms with van der Waals surface area (Å²) in [7, 11) is 0. The number of hydrogen-bond donors (Lipinski definition) is 2. The average Bonchev–Trinajstić information content (AvgIpc) is 2.60. The average molecular weight is 508 g/mol. The van der Waals surface area contributed by atoms with Crippen molar-refractivity contribution in [3.8, 4) is 5.75 Å². The van der Waals surface area contributed by atoms with E-state index >= 15 is 0 Å². The summed E-state index contributed by atoms with van der Waals surface area (Å²) in [6.07, 6.45) is -2.39. The second-order valence-electron chi connectivity index (χ2n) is 6.18. The van der Waals surface area contributed by atoms with Crippen molar-refractivity contribution in [3.63, 3.8) is 0 Å². The predicted octanol–water partition coefficient (Wildman–Crippen LogP) is 4.15. The summed E-state index contributed by atoms with van der Waals surface area (Å²) in [5, 5.41) is 2.88. The molecule has 2 rings (SSSR count). The van der Waals surface area contributed by atoms with Crippen LogP contribution in [0.25, 0.3) is 0 Å². The third kappa shape index (κ3) is 7.91. The number of halogens is 4. The lowest BCUT2D eigenvalue weighted by molar-refractivity contribution is -0.138. The van der Waals surface area contributed by atoms with Crippen molar-refractivity contribution >= 4 is 29.9 Å². The van der Waals surface area contributed by atoms with Gasteiger partial charge in [0, 0.05) is 24.9 Å². The maximum absolute atomic E-state index is 13.3. The minimum atomic E-state index is -4.50. The standard InChI is InChI=1S/C19H23F3N4O.HI/c1-13(2)27-16-7-6-14(17(11-16)19(20,21)22)12-26-18(23)25-10-8-15-5-3-4-9-24-15;/h3-7,9,11,13H,8,10,12H2,1-2H3,(H3,23,25,26);1H. The van der Waals surface area contributed by atoms with Gasteiger partial charge in [0.1, 0.15) is 5.75 Å². The van der Waals surface area contributed by atoms with Crippen molar-refractivity contribution in [2.45, 2.75) is 39.1 Å². The van der Waals surface area contributed by atoms with Gasteiger partial charge in [-0.15, -0.1) is 24.0 Å². The number of aromatic nitrogens is 1. The monoisotopic (exact) mass is 508 g/mol. The smallest absolute Gasteiger partial charge is 0.416 e. The molecule has 0 unspecified atom stereocenters. The van der Waals surface area contributed by atoms with Gasteiger partial charge in [0.2, 0.25) is 0 Å². The van der Waals surface area contributed by atoms with Crippen LogP contribution < -0.4 is 15.8 Å². The van der Waals surface area contributed by atoms with Crippen LogP contribution in [0.5, 0.6) is 5.75 Å². The number of nitrogens with one attached hydrogen (secondary N) is 1. The molecule has 0 saturated heterocycles. The van der Waals surface area contributed by atoms with Crippen molar-refractivity contribution in [1.82, 2.24) is 10.3 Å². The van der Waals surface area contributed by atoms with Gasteiger partial charge in [-0.05, 0) is 43.7 Å². The van der Waals surface area contributed by atoms with E-state index in [1.54, 1.807) is 20.0 Å². The Kier molecular flexibility index (Phi) is 9.50. The molecule has 5 nitrogen and oxygen atoms in total. The molecule has 0 saturated carbocycles. The van der Waals surface area contributed by atoms with E-state index in [4.69, 9.17) is 10.5 Å². The molecule has 0 atom stereocenters. The van der Waals surface area contributed by atoms with Gasteiger partial charge in [-0.1, -0.05) is 12.1 Å². The molecule has 0 spiro atoms. The summed E-state index contributed by atoms with van der Waals surface area (Å²) < 4.78 is 45.3. The molecule has 0 radical (unpaired) electrons. The molecule has 2 aromatic rings. The van der Waals surface area contributed by atoms with Crippen LogP contribution in [-0.4, -0.2) is 23.6 Å². The Morgan fingerprint density at radius 1 is 1.25 bits per heavy atom. The zero-order valence-electron chi connectivity index (χ0n) is 15.7. The van der Waals surface area contributed by atoms with E-state index in [0.717, 1.165) is 11.8 Å². The van der Waals surface area contributed by atoms with Gasteiger partial charge < -0.3 is 15.8 Å². The molecule has 0 aliphatic rings. The van der Waals surface area contributed by atoms with Crippen LogP contribution in [0.4, 0.5) is 13.2 Å². The van der Waals surface area contributed by atoms with Crippen molar-refractivity contribution in [3.05, 3.63) is 59.4 Å². The lowest BCUT2D eigenvalue weighted by atomic mass is 10.1. The molecule has 1 aromatic carbocycles. The van der Waals surface area contributed by atoms with Gasteiger partial charge in [0.25, 0.3) is 0 Å².